The van der Waals surface area contributed by atoms with Crippen molar-refractivity contribution in [3.05, 3.63) is 0 Å². The van der Waals surface area contributed by atoms with Gasteiger partial charge in [-0.05, 0) is 13.3 Å². The van der Waals surface area contributed by atoms with Gasteiger partial charge in [-0.1, -0.05) is 0 Å². The lowest BCUT2D eigenvalue weighted by atomic mass is 10.3. The van der Waals surface area contributed by atoms with Crippen molar-refractivity contribution in [3.8, 4) is 0 Å². The number of carbonyl (C=O) groups is 2. The Labute approximate surface area is 70.5 Å². The molecular formula is C7H13N3O2. The van der Waals surface area contributed by atoms with Gasteiger partial charge < -0.3 is 16.8 Å². The average molecular weight is 171 g/mol. The minimum absolute atomic E-state index is 0.0370. The van der Waals surface area contributed by atoms with Crippen molar-refractivity contribution in [2.75, 3.05) is 0 Å². The third-order valence-electron chi connectivity index (χ3n) is 1.96. The number of carbonyl (C=O) groups excluding carboxylic acids is 2. The molecular weight excluding hydrogens is 158 g/mol. The molecule has 3 unspecified atom stereocenters. The smallest absolute Gasteiger partial charge is 0.239 e. The Morgan fingerprint density at radius 1 is 1.58 bits per heavy atom. The van der Waals surface area contributed by atoms with E-state index < -0.39 is 11.9 Å². The van der Waals surface area contributed by atoms with Crippen molar-refractivity contribution in [1.29, 1.82) is 0 Å². The molecule has 1 fully saturated rings. The number of amides is 2. The van der Waals surface area contributed by atoms with Crippen molar-refractivity contribution in [2.24, 2.45) is 17.4 Å². The molecule has 5 nitrogen and oxygen atoms in total. The molecule has 68 valence electrons. The van der Waals surface area contributed by atoms with Crippen LogP contribution in [-0.2, 0) is 9.59 Å². The van der Waals surface area contributed by atoms with Crippen LogP contribution in [0.5, 0.6) is 0 Å². The first-order chi connectivity index (χ1) is 5.52. The lowest BCUT2D eigenvalue weighted by Crippen LogP contribution is -2.43. The third kappa shape index (κ3) is 1.94. The SMILES string of the molecule is CC(NC(=O)C1CC1N)C(N)=O. The second-order valence-electron chi connectivity index (χ2n) is 3.14. The van der Waals surface area contributed by atoms with E-state index in [1.807, 2.05) is 0 Å². The van der Waals surface area contributed by atoms with E-state index in [0.717, 1.165) is 0 Å². The van der Waals surface area contributed by atoms with E-state index in [1.54, 1.807) is 6.92 Å². The van der Waals surface area contributed by atoms with E-state index in [1.165, 1.54) is 0 Å². The Hall–Kier alpha value is -1.10. The lowest BCUT2D eigenvalue weighted by molar-refractivity contribution is -0.127. The van der Waals surface area contributed by atoms with Gasteiger partial charge in [0, 0.05) is 6.04 Å². The highest BCUT2D eigenvalue weighted by molar-refractivity contribution is 5.88. The van der Waals surface area contributed by atoms with Crippen LogP contribution >= 0.6 is 0 Å². The molecule has 12 heavy (non-hydrogen) atoms. The topological polar surface area (TPSA) is 98.2 Å². The summed E-state index contributed by atoms with van der Waals surface area (Å²) in [5.74, 6) is -0.821. The minimum atomic E-state index is -0.606. The molecule has 0 aromatic carbocycles. The molecule has 0 heterocycles. The molecule has 0 radical (unpaired) electrons. The van der Waals surface area contributed by atoms with E-state index in [0.29, 0.717) is 6.42 Å². The Bertz CT molecular complexity index is 217. The maximum Gasteiger partial charge on any atom is 0.239 e. The molecule has 0 saturated heterocycles. The van der Waals surface area contributed by atoms with E-state index in [4.69, 9.17) is 11.5 Å². The van der Waals surface area contributed by atoms with Crippen molar-refractivity contribution in [3.63, 3.8) is 0 Å². The zero-order valence-electron chi connectivity index (χ0n) is 6.91. The van der Waals surface area contributed by atoms with Gasteiger partial charge in [0.1, 0.15) is 6.04 Å². The van der Waals surface area contributed by atoms with Crippen LogP contribution in [0.2, 0.25) is 0 Å². The van der Waals surface area contributed by atoms with Gasteiger partial charge in [-0.25, -0.2) is 0 Å². The molecule has 3 atom stereocenters. The monoisotopic (exact) mass is 171 g/mol. The third-order valence-corrected chi connectivity index (χ3v) is 1.96. The van der Waals surface area contributed by atoms with Gasteiger partial charge in [0.15, 0.2) is 0 Å². The number of nitrogens with one attached hydrogen (secondary N) is 1. The van der Waals surface area contributed by atoms with Gasteiger partial charge in [0.05, 0.1) is 5.92 Å². The van der Waals surface area contributed by atoms with Crippen molar-refractivity contribution in [1.82, 2.24) is 5.32 Å². The summed E-state index contributed by atoms with van der Waals surface area (Å²) in [6, 6.07) is -0.643. The van der Waals surface area contributed by atoms with E-state index in [9.17, 15) is 9.59 Å². The molecule has 0 spiro atoms. The standard InChI is InChI=1S/C7H13N3O2/c1-3(6(9)11)10-7(12)4-2-5(4)8/h3-5H,2,8H2,1H3,(H2,9,11)(H,10,12). The van der Waals surface area contributed by atoms with Gasteiger partial charge in [-0.2, -0.15) is 0 Å². The Morgan fingerprint density at radius 3 is 2.42 bits per heavy atom. The van der Waals surface area contributed by atoms with Crippen LogP contribution in [0.4, 0.5) is 0 Å². The summed E-state index contributed by atoms with van der Waals surface area (Å²) in [5, 5.41) is 2.48. The highest BCUT2D eigenvalue weighted by Crippen LogP contribution is 2.27. The van der Waals surface area contributed by atoms with Gasteiger partial charge in [0.25, 0.3) is 0 Å². The number of hydrogen-bond acceptors (Lipinski definition) is 3. The predicted octanol–water partition coefficient (Wildman–Crippen LogP) is -1.68. The molecule has 0 aromatic rings. The molecule has 5 N–H and O–H groups in total. The number of rotatable bonds is 3. The van der Waals surface area contributed by atoms with Gasteiger partial charge in [-0.3, -0.25) is 9.59 Å². The quantitative estimate of drug-likeness (QED) is 0.473. The largest absolute Gasteiger partial charge is 0.368 e. The molecule has 2 amide bonds. The zero-order valence-corrected chi connectivity index (χ0v) is 6.91. The Kier molecular flexibility index (Phi) is 2.32. The molecule has 1 saturated carbocycles. The van der Waals surface area contributed by atoms with Crippen LogP contribution in [0.1, 0.15) is 13.3 Å². The van der Waals surface area contributed by atoms with Crippen molar-refractivity contribution < 1.29 is 9.59 Å². The summed E-state index contributed by atoms with van der Waals surface area (Å²) in [6.45, 7) is 1.55. The normalized spacial score (nSPS) is 29.2. The predicted molar refractivity (Wildman–Crippen MR) is 42.9 cm³/mol. The molecule has 1 rings (SSSR count). The summed E-state index contributed by atoms with van der Waals surface area (Å²) in [4.78, 5) is 21.7. The van der Waals surface area contributed by atoms with Crippen LogP contribution in [0.3, 0.4) is 0 Å². The van der Waals surface area contributed by atoms with E-state index >= 15 is 0 Å². The summed E-state index contributed by atoms with van der Waals surface area (Å²) >= 11 is 0. The summed E-state index contributed by atoms with van der Waals surface area (Å²) in [6.07, 6.45) is 0.706. The second-order valence-corrected chi connectivity index (χ2v) is 3.14. The van der Waals surface area contributed by atoms with Crippen LogP contribution in [0.25, 0.3) is 0 Å². The van der Waals surface area contributed by atoms with Gasteiger partial charge >= 0.3 is 0 Å². The van der Waals surface area contributed by atoms with Crippen LogP contribution in [0.15, 0.2) is 0 Å². The zero-order chi connectivity index (χ0) is 9.30. The average Bonchev–Trinajstić information content (AvgIpc) is 2.66. The van der Waals surface area contributed by atoms with Gasteiger partial charge in [0.2, 0.25) is 11.8 Å². The first-order valence-corrected chi connectivity index (χ1v) is 3.87. The molecule has 1 aliphatic carbocycles. The molecule has 0 aromatic heterocycles. The first-order valence-electron chi connectivity index (χ1n) is 3.87. The molecule has 1 aliphatic rings. The summed E-state index contributed by atoms with van der Waals surface area (Å²) in [7, 11) is 0. The van der Waals surface area contributed by atoms with Crippen LogP contribution in [0, 0.1) is 5.92 Å². The highest BCUT2D eigenvalue weighted by Gasteiger charge is 2.40. The first kappa shape index (κ1) is 8.99. The van der Waals surface area contributed by atoms with Crippen LogP contribution in [-0.4, -0.2) is 23.9 Å². The van der Waals surface area contributed by atoms with E-state index in [-0.39, 0.29) is 17.9 Å². The number of nitrogens with two attached hydrogens (primary N) is 2. The van der Waals surface area contributed by atoms with Crippen LogP contribution < -0.4 is 16.8 Å². The molecule has 5 heteroatoms. The lowest BCUT2D eigenvalue weighted by Gasteiger charge is -2.08. The fraction of sp³-hybridized carbons (Fsp3) is 0.714. The maximum absolute atomic E-state index is 11.1. The Balaban J connectivity index is 2.31. The molecule has 0 aliphatic heterocycles. The fourth-order valence-electron chi connectivity index (χ4n) is 0.908. The number of hydrogen-bond donors (Lipinski definition) is 3. The number of primary amides is 1. The summed E-state index contributed by atoms with van der Waals surface area (Å²) in [5.41, 5.74) is 10.4. The Morgan fingerprint density at radius 2 is 2.08 bits per heavy atom. The second kappa shape index (κ2) is 3.10. The van der Waals surface area contributed by atoms with Crippen molar-refractivity contribution in [2.45, 2.75) is 25.4 Å². The van der Waals surface area contributed by atoms with Crippen molar-refractivity contribution >= 4 is 11.8 Å². The van der Waals surface area contributed by atoms with E-state index in [2.05, 4.69) is 5.32 Å². The maximum atomic E-state index is 11.1. The molecule has 0 bridgehead atoms. The fourth-order valence-corrected chi connectivity index (χ4v) is 0.908. The highest BCUT2D eigenvalue weighted by atomic mass is 16.2. The minimum Gasteiger partial charge on any atom is -0.368 e. The summed E-state index contributed by atoms with van der Waals surface area (Å²) < 4.78 is 0. The van der Waals surface area contributed by atoms with Gasteiger partial charge in [-0.15, -0.1) is 0 Å².